The van der Waals surface area contributed by atoms with E-state index in [2.05, 4.69) is 4.98 Å². The normalized spacial score (nSPS) is 14.4. The fourth-order valence-electron chi connectivity index (χ4n) is 2.13. The number of hydrogen-bond donors (Lipinski definition) is 1. The molecular formula is C13H9F3N2O3S. The minimum atomic E-state index is -4.81. The van der Waals surface area contributed by atoms with Crippen LogP contribution in [0, 0.1) is 0 Å². The van der Waals surface area contributed by atoms with Crippen LogP contribution in [0.25, 0.3) is 0 Å². The second-order valence-electron chi connectivity index (χ2n) is 4.44. The van der Waals surface area contributed by atoms with Gasteiger partial charge >= 0.3 is 12.1 Å². The Bertz CT molecular complexity index is 730. The van der Waals surface area contributed by atoms with Crippen molar-refractivity contribution in [2.24, 2.45) is 0 Å². The lowest BCUT2D eigenvalue weighted by Gasteiger charge is -2.28. The number of aromatic carboxylic acids is 1. The zero-order chi connectivity index (χ0) is 15.9. The summed E-state index contributed by atoms with van der Waals surface area (Å²) in [6.45, 7) is 0.571. The fraction of sp³-hybridized carbons (Fsp3) is 0.231. The number of benzene rings is 1. The van der Waals surface area contributed by atoms with Gasteiger partial charge in [0.1, 0.15) is 17.2 Å². The number of anilines is 2. The maximum atomic E-state index is 12.9. The Kier molecular flexibility index (Phi) is 3.44. The van der Waals surface area contributed by atoms with E-state index in [4.69, 9.17) is 9.84 Å². The van der Waals surface area contributed by atoms with Crippen LogP contribution in [0.15, 0.2) is 24.3 Å². The van der Waals surface area contributed by atoms with E-state index in [1.165, 1.54) is 4.90 Å². The highest BCUT2D eigenvalue weighted by Crippen LogP contribution is 2.42. The Morgan fingerprint density at radius 1 is 1.36 bits per heavy atom. The molecule has 9 heteroatoms. The number of carboxylic acid groups (broad SMARTS) is 1. The van der Waals surface area contributed by atoms with Crippen molar-refractivity contribution in [3.05, 3.63) is 34.8 Å². The van der Waals surface area contributed by atoms with Crippen LogP contribution in [0.3, 0.4) is 0 Å². The highest BCUT2D eigenvalue weighted by atomic mass is 32.1. The topological polar surface area (TPSA) is 62.7 Å². The molecule has 0 saturated carbocycles. The average Bonchev–Trinajstić information content (AvgIpc) is 2.92. The van der Waals surface area contributed by atoms with Gasteiger partial charge in [-0.1, -0.05) is 23.5 Å². The molecule has 0 unspecified atom stereocenters. The number of hydrogen-bond acceptors (Lipinski definition) is 5. The van der Waals surface area contributed by atoms with E-state index in [1.54, 1.807) is 24.3 Å². The van der Waals surface area contributed by atoms with Gasteiger partial charge in [-0.05, 0) is 12.1 Å². The van der Waals surface area contributed by atoms with Crippen LogP contribution in [0.5, 0.6) is 5.75 Å². The maximum Gasteiger partial charge on any atom is 0.435 e. The van der Waals surface area contributed by atoms with E-state index < -0.39 is 22.7 Å². The molecule has 3 rings (SSSR count). The van der Waals surface area contributed by atoms with E-state index in [0.29, 0.717) is 29.3 Å². The van der Waals surface area contributed by atoms with Gasteiger partial charge in [-0.25, -0.2) is 9.78 Å². The molecule has 1 aliphatic heterocycles. The third-order valence-electron chi connectivity index (χ3n) is 3.04. The first-order chi connectivity index (χ1) is 10.4. The van der Waals surface area contributed by atoms with Crippen molar-refractivity contribution in [1.82, 2.24) is 4.98 Å². The lowest BCUT2D eigenvalue weighted by Crippen LogP contribution is -2.28. The van der Waals surface area contributed by atoms with Crippen molar-refractivity contribution in [1.29, 1.82) is 0 Å². The van der Waals surface area contributed by atoms with Crippen molar-refractivity contribution in [3.63, 3.8) is 0 Å². The summed E-state index contributed by atoms with van der Waals surface area (Å²) in [5.41, 5.74) is -0.808. The Labute approximate surface area is 126 Å². The zero-order valence-electron chi connectivity index (χ0n) is 10.9. The molecule has 1 N–H and O–H groups in total. The Hall–Kier alpha value is -2.29. The van der Waals surface area contributed by atoms with Gasteiger partial charge in [-0.3, -0.25) is 0 Å². The molecule has 2 heterocycles. The van der Waals surface area contributed by atoms with E-state index in [9.17, 15) is 18.0 Å². The summed E-state index contributed by atoms with van der Waals surface area (Å²) in [4.78, 5) is 15.3. The molecule has 0 atom stereocenters. The van der Waals surface area contributed by atoms with Gasteiger partial charge in [0.25, 0.3) is 0 Å². The summed E-state index contributed by atoms with van der Waals surface area (Å²) in [5, 5.41) is 8.95. The molecule has 22 heavy (non-hydrogen) atoms. The number of carbonyl (C=O) groups is 1. The maximum absolute atomic E-state index is 12.9. The first-order valence-corrected chi connectivity index (χ1v) is 7.00. The van der Waals surface area contributed by atoms with Crippen LogP contribution in [-0.2, 0) is 6.18 Å². The molecule has 0 radical (unpaired) electrons. The second kappa shape index (κ2) is 5.16. The molecule has 1 aliphatic rings. The molecule has 0 spiro atoms. The van der Waals surface area contributed by atoms with Crippen LogP contribution in [0.1, 0.15) is 15.4 Å². The van der Waals surface area contributed by atoms with Crippen LogP contribution >= 0.6 is 11.3 Å². The SMILES string of the molecule is O=C(O)c1sc(N2CCOc3ccccc32)nc1C(F)(F)F. The zero-order valence-corrected chi connectivity index (χ0v) is 11.7. The standard InChI is InChI=1S/C13H9F3N2O3S/c14-13(15,16)10-9(11(19)20)22-12(17-10)18-5-6-21-8-4-2-1-3-7(8)18/h1-4H,5-6H2,(H,19,20). The van der Waals surface area contributed by atoms with Gasteiger partial charge in [-0.2, -0.15) is 13.2 Å². The molecule has 0 fully saturated rings. The van der Waals surface area contributed by atoms with Crippen molar-refractivity contribution >= 4 is 28.1 Å². The summed E-state index contributed by atoms with van der Waals surface area (Å²) >= 11 is 0.504. The Morgan fingerprint density at radius 3 is 2.73 bits per heavy atom. The molecule has 2 aromatic rings. The van der Waals surface area contributed by atoms with Gasteiger partial charge in [0, 0.05) is 0 Å². The molecular weight excluding hydrogens is 321 g/mol. The minimum Gasteiger partial charge on any atom is -0.490 e. The molecule has 0 saturated heterocycles. The highest BCUT2D eigenvalue weighted by molar-refractivity contribution is 7.17. The van der Waals surface area contributed by atoms with Gasteiger partial charge in [0.2, 0.25) is 0 Å². The number of halogens is 3. The Morgan fingerprint density at radius 2 is 2.09 bits per heavy atom. The first kappa shape index (κ1) is 14.6. The summed E-state index contributed by atoms with van der Waals surface area (Å²) in [5.74, 6) is -1.12. The monoisotopic (exact) mass is 330 g/mol. The highest BCUT2D eigenvalue weighted by Gasteiger charge is 2.40. The molecule has 0 amide bonds. The molecule has 0 aliphatic carbocycles. The molecule has 116 valence electrons. The van der Waals surface area contributed by atoms with E-state index in [0.717, 1.165) is 0 Å². The van der Waals surface area contributed by atoms with Crippen LogP contribution in [-0.4, -0.2) is 29.2 Å². The van der Waals surface area contributed by atoms with E-state index in [-0.39, 0.29) is 11.7 Å². The molecule has 1 aromatic heterocycles. The number of fused-ring (bicyclic) bond motifs is 1. The van der Waals surface area contributed by atoms with Gasteiger partial charge < -0.3 is 14.7 Å². The smallest absolute Gasteiger partial charge is 0.435 e. The van der Waals surface area contributed by atoms with Gasteiger partial charge in [-0.15, -0.1) is 0 Å². The number of carboxylic acids is 1. The lowest BCUT2D eigenvalue weighted by molar-refractivity contribution is -0.141. The number of aromatic nitrogens is 1. The number of rotatable bonds is 2. The number of alkyl halides is 3. The predicted octanol–water partition coefficient (Wildman–Crippen LogP) is 3.39. The average molecular weight is 330 g/mol. The molecule has 5 nitrogen and oxygen atoms in total. The molecule has 1 aromatic carbocycles. The van der Waals surface area contributed by atoms with Crippen molar-refractivity contribution in [3.8, 4) is 5.75 Å². The van der Waals surface area contributed by atoms with E-state index >= 15 is 0 Å². The minimum absolute atomic E-state index is 0.0134. The van der Waals surface area contributed by atoms with Crippen LogP contribution in [0.2, 0.25) is 0 Å². The number of thiazole rings is 1. The fourth-order valence-corrected chi connectivity index (χ4v) is 3.09. The van der Waals surface area contributed by atoms with Crippen LogP contribution in [0.4, 0.5) is 24.0 Å². The van der Waals surface area contributed by atoms with Gasteiger partial charge in [0.05, 0.1) is 12.2 Å². The second-order valence-corrected chi connectivity index (χ2v) is 5.42. The number of para-hydroxylation sites is 2. The molecule has 0 bridgehead atoms. The third kappa shape index (κ3) is 2.47. The quantitative estimate of drug-likeness (QED) is 0.914. The van der Waals surface area contributed by atoms with Crippen molar-refractivity contribution in [2.45, 2.75) is 6.18 Å². The lowest BCUT2D eigenvalue weighted by atomic mass is 10.2. The largest absolute Gasteiger partial charge is 0.490 e. The van der Waals surface area contributed by atoms with Crippen LogP contribution < -0.4 is 9.64 Å². The van der Waals surface area contributed by atoms with Crippen molar-refractivity contribution in [2.75, 3.05) is 18.1 Å². The van der Waals surface area contributed by atoms with E-state index in [1.807, 2.05) is 0 Å². The first-order valence-electron chi connectivity index (χ1n) is 6.18. The van der Waals surface area contributed by atoms with Gasteiger partial charge in [0.15, 0.2) is 10.8 Å². The number of nitrogens with zero attached hydrogens (tertiary/aromatic N) is 2. The van der Waals surface area contributed by atoms with Crippen molar-refractivity contribution < 1.29 is 27.8 Å². The summed E-state index contributed by atoms with van der Waals surface area (Å²) in [6.07, 6.45) is -4.81. The summed E-state index contributed by atoms with van der Waals surface area (Å²) < 4.78 is 44.2. The summed E-state index contributed by atoms with van der Waals surface area (Å²) in [6, 6.07) is 6.84. The number of ether oxygens (including phenoxy) is 1. The predicted molar refractivity (Wildman–Crippen MR) is 73.0 cm³/mol. The Balaban J connectivity index is 2.09. The summed E-state index contributed by atoms with van der Waals surface area (Å²) in [7, 11) is 0. The third-order valence-corrected chi connectivity index (χ3v) is 4.10.